The van der Waals surface area contributed by atoms with Gasteiger partial charge in [0.15, 0.2) is 0 Å². The van der Waals surface area contributed by atoms with Crippen LogP contribution in [0.15, 0.2) is 18.2 Å². The van der Waals surface area contributed by atoms with Gasteiger partial charge in [-0.25, -0.2) is 0 Å². The van der Waals surface area contributed by atoms with Crippen LogP contribution >= 0.6 is 15.9 Å². The Bertz CT molecular complexity index is 381. The summed E-state index contributed by atoms with van der Waals surface area (Å²) in [5.41, 5.74) is 0.161. The molecule has 0 radical (unpaired) electrons. The van der Waals surface area contributed by atoms with E-state index in [4.69, 9.17) is 5.11 Å². The Labute approximate surface area is 102 Å². The van der Waals surface area contributed by atoms with Crippen molar-refractivity contribution in [2.75, 3.05) is 6.54 Å². The van der Waals surface area contributed by atoms with Gasteiger partial charge >= 0.3 is 0 Å². The number of phenols is 2. The molecule has 0 saturated carbocycles. The molecular weight excluding hydrogens is 274 g/mol. The van der Waals surface area contributed by atoms with E-state index in [0.717, 1.165) is 12.5 Å². The van der Waals surface area contributed by atoms with Gasteiger partial charge in [0, 0.05) is 17.4 Å². The fourth-order valence-electron chi connectivity index (χ4n) is 1.16. The second kappa shape index (κ2) is 5.75. The summed E-state index contributed by atoms with van der Waals surface area (Å²) < 4.78 is 0. The summed E-state index contributed by atoms with van der Waals surface area (Å²) in [7, 11) is 0. The average molecular weight is 288 g/mol. The summed E-state index contributed by atoms with van der Waals surface area (Å²) in [6, 6.07) is 3.88. The van der Waals surface area contributed by atoms with Gasteiger partial charge in [0.25, 0.3) is 5.91 Å². The predicted octanol–water partition coefficient (Wildman–Crippen LogP) is 2.00. The Kier molecular flexibility index (Phi) is 4.61. The molecule has 3 N–H and O–H groups in total. The van der Waals surface area contributed by atoms with Crippen LogP contribution in [-0.4, -0.2) is 27.5 Å². The first kappa shape index (κ1) is 12.8. The molecule has 0 aliphatic carbocycles. The predicted molar refractivity (Wildman–Crippen MR) is 65.1 cm³/mol. The molecule has 0 bridgehead atoms. The van der Waals surface area contributed by atoms with Crippen LogP contribution in [0.5, 0.6) is 11.5 Å². The van der Waals surface area contributed by atoms with E-state index in [2.05, 4.69) is 21.2 Å². The van der Waals surface area contributed by atoms with E-state index in [1.807, 2.05) is 6.92 Å². The van der Waals surface area contributed by atoms with Gasteiger partial charge in [-0.3, -0.25) is 4.79 Å². The topological polar surface area (TPSA) is 69.6 Å². The number of benzene rings is 1. The van der Waals surface area contributed by atoms with Gasteiger partial charge in [0.2, 0.25) is 0 Å². The number of carbonyl (C=O) groups excluding carboxylic acids is 1. The zero-order valence-electron chi connectivity index (χ0n) is 8.90. The first-order chi connectivity index (χ1) is 7.54. The normalized spacial score (nSPS) is 12.1. The third-order valence-electron chi connectivity index (χ3n) is 2.15. The number of amides is 1. The second-order valence-corrected chi connectivity index (χ2v) is 4.71. The van der Waals surface area contributed by atoms with Crippen LogP contribution in [0.2, 0.25) is 0 Å². The van der Waals surface area contributed by atoms with Crippen LogP contribution in [0.1, 0.15) is 23.7 Å². The molecule has 0 fully saturated rings. The Hall–Kier alpha value is -1.23. The standard InChI is InChI=1S/C11H14BrNO3/c1-2-7(12)6-13-11(16)9-4-3-8(14)5-10(9)15/h3-5,7,14-15H,2,6H2,1H3,(H,13,16). The second-order valence-electron chi connectivity index (χ2n) is 3.42. The summed E-state index contributed by atoms with van der Waals surface area (Å²) in [5.74, 6) is -0.642. The molecule has 4 nitrogen and oxygen atoms in total. The maximum atomic E-state index is 11.6. The van der Waals surface area contributed by atoms with Gasteiger partial charge in [0.05, 0.1) is 5.56 Å². The van der Waals surface area contributed by atoms with Gasteiger partial charge < -0.3 is 15.5 Å². The molecule has 0 aliphatic heterocycles. The van der Waals surface area contributed by atoms with E-state index >= 15 is 0 Å². The van der Waals surface area contributed by atoms with Crippen LogP contribution < -0.4 is 5.32 Å². The van der Waals surface area contributed by atoms with Crippen molar-refractivity contribution in [3.63, 3.8) is 0 Å². The number of phenolic OH excluding ortho intramolecular Hbond substituents is 2. The minimum absolute atomic E-state index is 0.0685. The smallest absolute Gasteiger partial charge is 0.255 e. The molecule has 1 aromatic rings. The van der Waals surface area contributed by atoms with Crippen molar-refractivity contribution in [3.05, 3.63) is 23.8 Å². The number of rotatable bonds is 4. The first-order valence-electron chi connectivity index (χ1n) is 4.98. The van der Waals surface area contributed by atoms with Crippen molar-refractivity contribution >= 4 is 21.8 Å². The highest BCUT2D eigenvalue weighted by molar-refractivity contribution is 9.09. The first-order valence-corrected chi connectivity index (χ1v) is 5.90. The molecule has 1 amide bonds. The van der Waals surface area contributed by atoms with Crippen molar-refractivity contribution in [1.29, 1.82) is 0 Å². The Morgan fingerprint density at radius 3 is 2.75 bits per heavy atom. The minimum Gasteiger partial charge on any atom is -0.508 e. The van der Waals surface area contributed by atoms with Crippen LogP contribution in [-0.2, 0) is 0 Å². The van der Waals surface area contributed by atoms with Gasteiger partial charge in [-0.05, 0) is 18.6 Å². The molecule has 5 heteroatoms. The molecule has 88 valence electrons. The number of hydrogen-bond donors (Lipinski definition) is 3. The molecular formula is C11H14BrNO3. The lowest BCUT2D eigenvalue weighted by Gasteiger charge is -2.09. The third-order valence-corrected chi connectivity index (χ3v) is 3.12. The van der Waals surface area contributed by atoms with Gasteiger partial charge in [-0.1, -0.05) is 22.9 Å². The van der Waals surface area contributed by atoms with Crippen LogP contribution in [0, 0.1) is 0 Å². The fourth-order valence-corrected chi connectivity index (χ4v) is 1.32. The van der Waals surface area contributed by atoms with E-state index in [-0.39, 0.29) is 27.8 Å². The summed E-state index contributed by atoms with van der Waals surface area (Å²) in [6.07, 6.45) is 0.905. The molecule has 1 atom stereocenters. The maximum absolute atomic E-state index is 11.6. The zero-order chi connectivity index (χ0) is 12.1. The van der Waals surface area contributed by atoms with Crippen molar-refractivity contribution in [2.24, 2.45) is 0 Å². The van der Waals surface area contributed by atoms with Gasteiger partial charge in [-0.15, -0.1) is 0 Å². The van der Waals surface area contributed by atoms with Crippen molar-refractivity contribution < 1.29 is 15.0 Å². The number of alkyl halides is 1. The summed E-state index contributed by atoms with van der Waals surface area (Å²) in [5, 5.41) is 21.2. The third kappa shape index (κ3) is 3.41. The summed E-state index contributed by atoms with van der Waals surface area (Å²) in [6.45, 7) is 2.50. The van der Waals surface area contributed by atoms with Crippen LogP contribution in [0.25, 0.3) is 0 Å². The highest BCUT2D eigenvalue weighted by atomic mass is 79.9. The molecule has 1 rings (SSSR count). The lowest BCUT2D eigenvalue weighted by Crippen LogP contribution is -2.29. The average Bonchev–Trinajstić information content (AvgIpc) is 2.25. The summed E-state index contributed by atoms with van der Waals surface area (Å²) in [4.78, 5) is 11.8. The molecule has 0 saturated heterocycles. The van der Waals surface area contributed by atoms with Gasteiger partial charge in [0.1, 0.15) is 11.5 Å². The molecule has 0 aromatic heterocycles. The van der Waals surface area contributed by atoms with Crippen LogP contribution in [0.3, 0.4) is 0 Å². The van der Waals surface area contributed by atoms with Crippen molar-refractivity contribution in [1.82, 2.24) is 5.32 Å². The highest BCUT2D eigenvalue weighted by Crippen LogP contribution is 2.22. The number of aromatic hydroxyl groups is 2. The van der Waals surface area contributed by atoms with E-state index < -0.39 is 0 Å². The van der Waals surface area contributed by atoms with Gasteiger partial charge in [-0.2, -0.15) is 0 Å². The van der Waals surface area contributed by atoms with E-state index in [0.29, 0.717) is 6.54 Å². The number of halogens is 1. The highest BCUT2D eigenvalue weighted by Gasteiger charge is 2.12. The molecule has 16 heavy (non-hydrogen) atoms. The summed E-state index contributed by atoms with van der Waals surface area (Å²) >= 11 is 3.39. The Balaban J connectivity index is 2.66. The van der Waals surface area contributed by atoms with E-state index in [1.165, 1.54) is 12.1 Å². The largest absolute Gasteiger partial charge is 0.508 e. The van der Waals surface area contributed by atoms with E-state index in [9.17, 15) is 9.90 Å². The molecule has 1 unspecified atom stereocenters. The SMILES string of the molecule is CCC(Br)CNC(=O)c1ccc(O)cc1O. The number of carbonyl (C=O) groups is 1. The van der Waals surface area contributed by atoms with Crippen molar-refractivity contribution in [2.45, 2.75) is 18.2 Å². The number of nitrogens with one attached hydrogen (secondary N) is 1. The Morgan fingerprint density at radius 1 is 1.50 bits per heavy atom. The maximum Gasteiger partial charge on any atom is 0.255 e. The monoisotopic (exact) mass is 287 g/mol. The molecule has 0 aliphatic rings. The minimum atomic E-state index is -0.351. The quantitative estimate of drug-likeness (QED) is 0.742. The number of hydrogen-bond acceptors (Lipinski definition) is 3. The van der Waals surface area contributed by atoms with Crippen LogP contribution in [0.4, 0.5) is 0 Å². The lowest BCUT2D eigenvalue weighted by molar-refractivity contribution is 0.0951. The van der Waals surface area contributed by atoms with E-state index in [1.54, 1.807) is 0 Å². The molecule has 1 aromatic carbocycles. The molecule has 0 heterocycles. The molecule has 0 spiro atoms. The lowest BCUT2D eigenvalue weighted by atomic mass is 10.1. The zero-order valence-corrected chi connectivity index (χ0v) is 10.5. The fraction of sp³-hybridized carbons (Fsp3) is 0.364. The van der Waals surface area contributed by atoms with Crippen molar-refractivity contribution in [3.8, 4) is 11.5 Å². The Morgan fingerprint density at radius 2 is 2.19 bits per heavy atom.